The van der Waals surface area contributed by atoms with Crippen molar-refractivity contribution < 1.29 is 4.79 Å². The van der Waals surface area contributed by atoms with E-state index >= 15 is 0 Å². The topological polar surface area (TPSA) is 34.0 Å². The molecule has 2 aromatic carbocycles. The number of aryl methyl sites for hydroxylation is 3. The van der Waals surface area contributed by atoms with Crippen LogP contribution in [0, 0.1) is 20.8 Å². The average molecular weight is 306 g/mol. The standard InChI is InChI=1S/C20H22N2O/c1-13-9-10-14(2)18(11-13)21-20(23)12-17-15(3)22(4)19-8-6-5-7-16(17)19/h5-11H,12H2,1-4H3,(H,21,23). The average Bonchev–Trinajstić information content (AvgIpc) is 2.76. The molecule has 3 heteroatoms. The van der Waals surface area contributed by atoms with Crippen LogP contribution >= 0.6 is 0 Å². The van der Waals surface area contributed by atoms with Crippen molar-refractivity contribution in [1.82, 2.24) is 4.57 Å². The first-order valence-corrected chi connectivity index (χ1v) is 7.87. The Morgan fingerprint density at radius 1 is 1.09 bits per heavy atom. The fourth-order valence-electron chi connectivity index (χ4n) is 3.05. The van der Waals surface area contributed by atoms with Crippen molar-refractivity contribution in [1.29, 1.82) is 0 Å². The van der Waals surface area contributed by atoms with Crippen molar-refractivity contribution in [2.24, 2.45) is 7.05 Å². The summed E-state index contributed by atoms with van der Waals surface area (Å²) in [5.74, 6) is 0.0261. The van der Waals surface area contributed by atoms with Crippen molar-refractivity contribution >= 4 is 22.5 Å². The molecule has 1 amide bonds. The number of hydrogen-bond acceptors (Lipinski definition) is 1. The van der Waals surface area contributed by atoms with Crippen LogP contribution in [0.15, 0.2) is 42.5 Å². The molecule has 1 aromatic heterocycles. The lowest BCUT2D eigenvalue weighted by Gasteiger charge is -2.10. The highest BCUT2D eigenvalue weighted by molar-refractivity contribution is 5.97. The van der Waals surface area contributed by atoms with Gasteiger partial charge in [0.05, 0.1) is 6.42 Å². The maximum absolute atomic E-state index is 12.5. The zero-order valence-corrected chi connectivity index (χ0v) is 14.1. The number of benzene rings is 2. The van der Waals surface area contributed by atoms with E-state index in [0.717, 1.165) is 33.5 Å². The lowest BCUT2D eigenvalue weighted by Crippen LogP contribution is -2.15. The number of hydrogen-bond donors (Lipinski definition) is 1. The largest absolute Gasteiger partial charge is 0.348 e. The minimum Gasteiger partial charge on any atom is -0.348 e. The van der Waals surface area contributed by atoms with E-state index in [9.17, 15) is 4.79 Å². The number of nitrogens with one attached hydrogen (secondary N) is 1. The fourth-order valence-corrected chi connectivity index (χ4v) is 3.05. The third-order valence-electron chi connectivity index (χ3n) is 4.53. The first kappa shape index (κ1) is 15.3. The summed E-state index contributed by atoms with van der Waals surface area (Å²) in [6.07, 6.45) is 0.389. The number of aromatic nitrogens is 1. The van der Waals surface area contributed by atoms with Crippen molar-refractivity contribution in [3.8, 4) is 0 Å². The maximum Gasteiger partial charge on any atom is 0.228 e. The zero-order valence-electron chi connectivity index (χ0n) is 14.1. The lowest BCUT2D eigenvalue weighted by atomic mass is 10.1. The molecule has 23 heavy (non-hydrogen) atoms. The molecule has 0 aliphatic carbocycles. The molecule has 3 rings (SSSR count). The Morgan fingerprint density at radius 2 is 1.83 bits per heavy atom. The molecule has 3 aromatic rings. The number of anilines is 1. The number of fused-ring (bicyclic) bond motifs is 1. The Labute approximate surface area is 136 Å². The van der Waals surface area contributed by atoms with Crippen molar-refractivity contribution in [2.45, 2.75) is 27.2 Å². The van der Waals surface area contributed by atoms with E-state index in [1.165, 1.54) is 5.52 Å². The molecule has 3 nitrogen and oxygen atoms in total. The van der Waals surface area contributed by atoms with E-state index in [2.05, 4.69) is 35.0 Å². The second-order valence-electron chi connectivity index (χ2n) is 6.18. The van der Waals surface area contributed by atoms with Crippen LogP contribution in [0.3, 0.4) is 0 Å². The quantitative estimate of drug-likeness (QED) is 0.769. The predicted octanol–water partition coefficient (Wildman–Crippen LogP) is 4.28. The Morgan fingerprint density at radius 3 is 2.61 bits per heavy atom. The number of amides is 1. The molecule has 0 spiro atoms. The van der Waals surface area contributed by atoms with Crippen LogP contribution < -0.4 is 5.32 Å². The summed E-state index contributed by atoms with van der Waals surface area (Å²) < 4.78 is 2.15. The number of rotatable bonds is 3. The van der Waals surface area contributed by atoms with Gasteiger partial charge in [0, 0.05) is 29.3 Å². The molecular weight excluding hydrogens is 284 g/mol. The first-order valence-electron chi connectivity index (χ1n) is 7.87. The van der Waals surface area contributed by atoms with Gasteiger partial charge in [0.25, 0.3) is 0 Å². The highest BCUT2D eigenvalue weighted by atomic mass is 16.1. The zero-order chi connectivity index (χ0) is 16.6. The molecule has 0 radical (unpaired) electrons. The Bertz CT molecular complexity index is 890. The lowest BCUT2D eigenvalue weighted by molar-refractivity contribution is -0.115. The van der Waals surface area contributed by atoms with Gasteiger partial charge in [-0.2, -0.15) is 0 Å². The van der Waals surface area contributed by atoms with Gasteiger partial charge in [0.1, 0.15) is 0 Å². The molecule has 0 aliphatic rings. The summed E-state index contributed by atoms with van der Waals surface area (Å²) in [6.45, 7) is 6.11. The normalized spacial score (nSPS) is 11.0. The molecule has 0 saturated heterocycles. The van der Waals surface area contributed by atoms with Gasteiger partial charge in [0.2, 0.25) is 5.91 Å². The molecule has 118 valence electrons. The second-order valence-corrected chi connectivity index (χ2v) is 6.18. The highest BCUT2D eigenvalue weighted by Crippen LogP contribution is 2.25. The number of para-hydroxylation sites is 1. The first-order chi connectivity index (χ1) is 11.0. The minimum atomic E-state index is 0.0261. The fraction of sp³-hybridized carbons (Fsp3) is 0.250. The summed E-state index contributed by atoms with van der Waals surface area (Å²) in [6, 6.07) is 14.3. The van der Waals surface area contributed by atoms with E-state index < -0.39 is 0 Å². The molecule has 0 atom stereocenters. The third kappa shape index (κ3) is 2.87. The third-order valence-corrected chi connectivity index (χ3v) is 4.53. The van der Waals surface area contributed by atoms with E-state index in [1.807, 2.05) is 45.2 Å². The number of nitrogens with zero attached hydrogens (tertiary/aromatic N) is 1. The second kappa shape index (κ2) is 5.92. The predicted molar refractivity (Wildman–Crippen MR) is 95.9 cm³/mol. The van der Waals surface area contributed by atoms with E-state index in [4.69, 9.17) is 0 Å². The van der Waals surface area contributed by atoms with Gasteiger partial charge in [-0.1, -0.05) is 30.3 Å². The van der Waals surface area contributed by atoms with Gasteiger partial charge < -0.3 is 9.88 Å². The molecule has 1 heterocycles. The summed E-state index contributed by atoms with van der Waals surface area (Å²) in [5, 5.41) is 4.21. The number of carbonyl (C=O) groups excluding carboxylic acids is 1. The van der Waals surface area contributed by atoms with Gasteiger partial charge >= 0.3 is 0 Å². The number of carbonyl (C=O) groups is 1. The van der Waals surface area contributed by atoms with Crippen LogP contribution in [0.1, 0.15) is 22.4 Å². The molecule has 0 unspecified atom stereocenters. The van der Waals surface area contributed by atoms with Crippen LogP contribution in [-0.2, 0) is 18.3 Å². The van der Waals surface area contributed by atoms with Gasteiger partial charge in [0.15, 0.2) is 0 Å². The van der Waals surface area contributed by atoms with Crippen molar-refractivity contribution in [3.63, 3.8) is 0 Å². The van der Waals surface area contributed by atoms with E-state index in [1.54, 1.807) is 0 Å². The molecule has 0 saturated carbocycles. The molecule has 0 bridgehead atoms. The van der Waals surface area contributed by atoms with Crippen LogP contribution in [0.4, 0.5) is 5.69 Å². The minimum absolute atomic E-state index is 0.0261. The van der Waals surface area contributed by atoms with Crippen LogP contribution in [-0.4, -0.2) is 10.5 Å². The summed E-state index contributed by atoms with van der Waals surface area (Å²) in [7, 11) is 2.05. The SMILES string of the molecule is Cc1ccc(C)c(NC(=O)Cc2c(C)n(C)c3ccccc23)c1. The van der Waals surface area contributed by atoms with Crippen LogP contribution in [0.25, 0.3) is 10.9 Å². The highest BCUT2D eigenvalue weighted by Gasteiger charge is 2.15. The summed E-state index contributed by atoms with van der Waals surface area (Å²) in [4.78, 5) is 12.5. The van der Waals surface area contributed by atoms with Gasteiger partial charge in [-0.3, -0.25) is 4.79 Å². The molecule has 0 fully saturated rings. The smallest absolute Gasteiger partial charge is 0.228 e. The van der Waals surface area contributed by atoms with Crippen LogP contribution in [0.2, 0.25) is 0 Å². The van der Waals surface area contributed by atoms with Crippen molar-refractivity contribution in [2.75, 3.05) is 5.32 Å². The maximum atomic E-state index is 12.5. The monoisotopic (exact) mass is 306 g/mol. The molecular formula is C20H22N2O. The van der Waals surface area contributed by atoms with E-state index in [-0.39, 0.29) is 5.91 Å². The van der Waals surface area contributed by atoms with Crippen LogP contribution in [0.5, 0.6) is 0 Å². The molecule has 1 N–H and O–H groups in total. The van der Waals surface area contributed by atoms with E-state index in [0.29, 0.717) is 6.42 Å². The van der Waals surface area contributed by atoms with Gasteiger partial charge in [-0.05, 0) is 49.6 Å². The van der Waals surface area contributed by atoms with Gasteiger partial charge in [-0.15, -0.1) is 0 Å². The Kier molecular flexibility index (Phi) is 3.95. The van der Waals surface area contributed by atoms with Crippen molar-refractivity contribution in [3.05, 3.63) is 64.8 Å². The summed E-state index contributed by atoms with van der Waals surface area (Å²) >= 11 is 0. The Hall–Kier alpha value is -2.55. The molecule has 0 aliphatic heterocycles. The summed E-state index contributed by atoms with van der Waals surface area (Å²) in [5.41, 5.74) is 6.53. The Balaban J connectivity index is 1.89. The van der Waals surface area contributed by atoms with Gasteiger partial charge in [-0.25, -0.2) is 0 Å².